The monoisotopic (exact) mass is 346 g/mol. The summed E-state index contributed by atoms with van der Waals surface area (Å²) in [5, 5.41) is 0. The molecule has 0 saturated heterocycles. The van der Waals surface area contributed by atoms with Crippen LogP contribution >= 0.6 is 15.9 Å². The van der Waals surface area contributed by atoms with Gasteiger partial charge in [0.1, 0.15) is 0 Å². The van der Waals surface area contributed by atoms with E-state index in [4.69, 9.17) is 10.2 Å². The normalized spacial score (nSPS) is 12.8. The van der Waals surface area contributed by atoms with Gasteiger partial charge in [-0.05, 0) is 41.8 Å². The van der Waals surface area contributed by atoms with Crippen molar-refractivity contribution in [2.45, 2.75) is 13.0 Å². The largest absolute Gasteiger partial charge is 0.419 e. The third-order valence-electron chi connectivity index (χ3n) is 3.67. The van der Waals surface area contributed by atoms with Crippen molar-refractivity contribution in [2.75, 3.05) is 0 Å². The number of fused-ring (bicyclic) bond motifs is 1. The molecule has 0 spiro atoms. The summed E-state index contributed by atoms with van der Waals surface area (Å²) in [4.78, 5) is 11.5. The predicted octanol–water partition coefficient (Wildman–Crippen LogP) is 3.25. The lowest BCUT2D eigenvalue weighted by Gasteiger charge is -2.15. The number of rotatable bonds is 2. The summed E-state index contributed by atoms with van der Waals surface area (Å²) in [7, 11) is 1.68. The van der Waals surface area contributed by atoms with Crippen LogP contribution in [0.3, 0.4) is 0 Å². The topological polar surface area (TPSA) is 61.2 Å². The minimum absolute atomic E-state index is 0.283. The molecule has 0 bridgehead atoms. The summed E-state index contributed by atoms with van der Waals surface area (Å²) >= 11 is 3.55. The fourth-order valence-electron chi connectivity index (χ4n) is 2.41. The number of halogens is 1. The van der Waals surface area contributed by atoms with Crippen molar-refractivity contribution in [3.63, 3.8) is 0 Å². The summed E-state index contributed by atoms with van der Waals surface area (Å²) in [6.45, 7) is 2.03. The van der Waals surface area contributed by atoms with Crippen molar-refractivity contribution in [1.82, 2.24) is 4.57 Å². The smallest absolute Gasteiger partial charge is 0.408 e. The van der Waals surface area contributed by atoms with Crippen molar-refractivity contribution in [3.8, 4) is 0 Å². The minimum atomic E-state index is -0.368. The summed E-state index contributed by atoms with van der Waals surface area (Å²) in [6.07, 6.45) is 0. The maximum absolute atomic E-state index is 11.5. The lowest BCUT2D eigenvalue weighted by molar-refractivity contribution is 0.527. The van der Waals surface area contributed by atoms with Gasteiger partial charge in [-0.3, -0.25) is 4.57 Å². The third kappa shape index (κ3) is 2.43. The molecule has 0 aliphatic rings. The van der Waals surface area contributed by atoms with Gasteiger partial charge in [-0.1, -0.05) is 34.1 Å². The summed E-state index contributed by atoms with van der Waals surface area (Å²) in [6, 6.07) is 11.4. The fourth-order valence-corrected chi connectivity index (χ4v) is 3.15. The van der Waals surface area contributed by atoms with Crippen LogP contribution in [-0.2, 0) is 7.05 Å². The zero-order valence-electron chi connectivity index (χ0n) is 11.8. The van der Waals surface area contributed by atoms with Gasteiger partial charge in [-0.25, -0.2) is 4.79 Å². The average Bonchev–Trinajstić information content (AvgIpc) is 2.73. The molecule has 1 unspecified atom stereocenters. The van der Waals surface area contributed by atoms with Gasteiger partial charge >= 0.3 is 5.76 Å². The number of hydrogen-bond donors (Lipinski definition) is 1. The number of benzene rings is 2. The maximum Gasteiger partial charge on any atom is 0.419 e. The molecule has 0 amide bonds. The molecule has 2 N–H and O–H groups in total. The molecule has 108 valence electrons. The predicted molar refractivity (Wildman–Crippen MR) is 86.4 cm³/mol. The van der Waals surface area contributed by atoms with Gasteiger partial charge in [0, 0.05) is 11.5 Å². The quantitative estimate of drug-likeness (QED) is 0.774. The van der Waals surface area contributed by atoms with Gasteiger partial charge in [-0.2, -0.15) is 0 Å². The molecular weight excluding hydrogens is 332 g/mol. The fraction of sp³-hybridized carbons (Fsp3) is 0.188. The Kier molecular flexibility index (Phi) is 3.47. The molecule has 3 rings (SSSR count). The Bertz CT molecular complexity index is 880. The van der Waals surface area contributed by atoms with E-state index in [1.54, 1.807) is 7.05 Å². The molecule has 1 aromatic heterocycles. The standard InChI is InChI=1S/C16H15BrN2O2/c1-9-3-5-11(12(17)7-9)15(18)10-4-6-13-14(8-10)21-16(20)19(13)2/h3-8,15H,18H2,1-2H3. The molecule has 0 fully saturated rings. The minimum Gasteiger partial charge on any atom is -0.408 e. The summed E-state index contributed by atoms with van der Waals surface area (Å²) in [5.41, 5.74) is 10.7. The number of nitrogens with zero attached hydrogens (tertiary/aromatic N) is 1. The lowest BCUT2D eigenvalue weighted by Crippen LogP contribution is -2.12. The van der Waals surface area contributed by atoms with Gasteiger partial charge in [0.2, 0.25) is 0 Å². The first-order valence-corrected chi connectivity index (χ1v) is 7.38. The molecule has 1 atom stereocenters. The van der Waals surface area contributed by atoms with E-state index in [0.717, 1.165) is 21.1 Å². The van der Waals surface area contributed by atoms with Crippen LogP contribution in [0, 0.1) is 6.92 Å². The van der Waals surface area contributed by atoms with E-state index in [9.17, 15) is 4.79 Å². The molecule has 0 aliphatic heterocycles. The van der Waals surface area contributed by atoms with Crippen LogP contribution in [-0.4, -0.2) is 4.57 Å². The van der Waals surface area contributed by atoms with E-state index in [0.29, 0.717) is 5.58 Å². The number of aromatic nitrogens is 1. The number of nitrogens with two attached hydrogens (primary N) is 1. The van der Waals surface area contributed by atoms with Crippen molar-refractivity contribution < 1.29 is 4.42 Å². The third-order valence-corrected chi connectivity index (χ3v) is 4.35. The zero-order chi connectivity index (χ0) is 15.1. The Labute approximate surface area is 130 Å². The van der Waals surface area contributed by atoms with Crippen molar-refractivity contribution in [2.24, 2.45) is 12.8 Å². The van der Waals surface area contributed by atoms with Crippen molar-refractivity contribution in [1.29, 1.82) is 0 Å². The van der Waals surface area contributed by atoms with E-state index in [1.807, 2.05) is 43.3 Å². The summed E-state index contributed by atoms with van der Waals surface area (Å²) < 4.78 is 7.67. The van der Waals surface area contributed by atoms with Crippen LogP contribution in [0.4, 0.5) is 0 Å². The Balaban J connectivity index is 2.09. The highest BCUT2D eigenvalue weighted by molar-refractivity contribution is 9.10. The molecule has 0 radical (unpaired) electrons. The second-order valence-electron chi connectivity index (χ2n) is 5.16. The second-order valence-corrected chi connectivity index (χ2v) is 6.01. The molecule has 2 aromatic carbocycles. The van der Waals surface area contributed by atoms with Gasteiger partial charge in [0.05, 0.1) is 11.6 Å². The van der Waals surface area contributed by atoms with Gasteiger partial charge in [0.25, 0.3) is 0 Å². The summed E-state index contributed by atoms with van der Waals surface area (Å²) in [5.74, 6) is -0.368. The highest BCUT2D eigenvalue weighted by Gasteiger charge is 2.15. The first kappa shape index (κ1) is 14.1. The Morgan fingerprint density at radius 3 is 2.71 bits per heavy atom. The molecule has 0 saturated carbocycles. The van der Waals surface area contributed by atoms with E-state index >= 15 is 0 Å². The molecule has 1 heterocycles. The van der Waals surface area contributed by atoms with Crippen molar-refractivity contribution >= 4 is 27.0 Å². The van der Waals surface area contributed by atoms with Crippen LogP contribution in [0.1, 0.15) is 22.7 Å². The first-order valence-electron chi connectivity index (χ1n) is 6.58. The Morgan fingerprint density at radius 1 is 1.24 bits per heavy atom. The van der Waals surface area contributed by atoms with E-state index in [2.05, 4.69) is 15.9 Å². The van der Waals surface area contributed by atoms with Crippen LogP contribution in [0.5, 0.6) is 0 Å². The van der Waals surface area contributed by atoms with Gasteiger partial charge in [0.15, 0.2) is 5.58 Å². The van der Waals surface area contributed by atoms with Crippen LogP contribution in [0.15, 0.2) is 50.1 Å². The Morgan fingerprint density at radius 2 is 2.00 bits per heavy atom. The van der Waals surface area contributed by atoms with Gasteiger partial charge < -0.3 is 10.2 Å². The van der Waals surface area contributed by atoms with E-state index in [-0.39, 0.29) is 11.8 Å². The molecular formula is C16H15BrN2O2. The SMILES string of the molecule is Cc1ccc(C(N)c2ccc3c(c2)oc(=O)n3C)c(Br)c1. The van der Waals surface area contributed by atoms with Crippen molar-refractivity contribution in [3.05, 3.63) is 68.1 Å². The van der Waals surface area contributed by atoms with E-state index < -0.39 is 0 Å². The molecule has 21 heavy (non-hydrogen) atoms. The number of oxazole rings is 1. The molecule has 0 aliphatic carbocycles. The highest BCUT2D eigenvalue weighted by atomic mass is 79.9. The van der Waals surface area contributed by atoms with Gasteiger partial charge in [-0.15, -0.1) is 0 Å². The zero-order valence-corrected chi connectivity index (χ0v) is 13.3. The molecule has 4 nitrogen and oxygen atoms in total. The van der Waals surface area contributed by atoms with Crippen LogP contribution in [0.2, 0.25) is 0 Å². The lowest BCUT2D eigenvalue weighted by atomic mass is 9.98. The Hall–Kier alpha value is -1.85. The number of hydrogen-bond acceptors (Lipinski definition) is 3. The van der Waals surface area contributed by atoms with Crippen LogP contribution < -0.4 is 11.5 Å². The maximum atomic E-state index is 11.5. The number of aryl methyl sites for hydroxylation is 2. The highest BCUT2D eigenvalue weighted by Crippen LogP contribution is 2.29. The molecule has 3 aromatic rings. The second kappa shape index (κ2) is 5.16. The molecule has 5 heteroatoms. The first-order chi connectivity index (χ1) is 9.97. The van der Waals surface area contributed by atoms with E-state index in [1.165, 1.54) is 10.1 Å². The van der Waals surface area contributed by atoms with Crippen LogP contribution in [0.25, 0.3) is 11.1 Å². The average molecular weight is 347 g/mol.